The number of nitrogens with one attached hydrogen (secondary N) is 2. The maximum Gasteiger partial charge on any atom is 0.278 e. The van der Waals surface area contributed by atoms with E-state index in [2.05, 4.69) is 26.0 Å². The number of aryl methyl sites for hydroxylation is 2. The zero-order valence-corrected chi connectivity index (χ0v) is 10.8. The number of hydrogen-bond acceptors (Lipinski definition) is 5. The van der Waals surface area contributed by atoms with Gasteiger partial charge in [0.2, 0.25) is 5.95 Å². The Morgan fingerprint density at radius 3 is 3.00 bits per heavy atom. The molecule has 0 amide bonds. The van der Waals surface area contributed by atoms with Crippen molar-refractivity contribution in [1.82, 2.24) is 19.9 Å². The predicted molar refractivity (Wildman–Crippen MR) is 74.3 cm³/mol. The van der Waals surface area contributed by atoms with Crippen molar-refractivity contribution in [3.63, 3.8) is 0 Å². The van der Waals surface area contributed by atoms with Crippen molar-refractivity contribution in [3.8, 4) is 10.7 Å². The highest BCUT2D eigenvalue weighted by Crippen LogP contribution is 2.35. The fourth-order valence-corrected chi connectivity index (χ4v) is 3.69. The Hall–Kier alpha value is -2.15. The van der Waals surface area contributed by atoms with Crippen LogP contribution < -0.4 is 11.3 Å². The summed E-state index contributed by atoms with van der Waals surface area (Å²) in [5.74, 6) is 0.780. The minimum absolute atomic E-state index is 0.0872. The van der Waals surface area contributed by atoms with Crippen LogP contribution in [0.1, 0.15) is 16.9 Å². The molecule has 0 aliphatic heterocycles. The first-order chi connectivity index (χ1) is 9.20. The summed E-state index contributed by atoms with van der Waals surface area (Å²) in [5.41, 5.74) is 7.37. The van der Waals surface area contributed by atoms with Gasteiger partial charge in [-0.05, 0) is 30.9 Å². The molecule has 4 N–H and O–H groups in total. The maximum atomic E-state index is 11.7. The summed E-state index contributed by atoms with van der Waals surface area (Å²) in [6.07, 6.45) is 3.52. The van der Waals surface area contributed by atoms with Gasteiger partial charge >= 0.3 is 0 Å². The number of imidazole rings is 1. The van der Waals surface area contributed by atoms with E-state index in [4.69, 9.17) is 5.73 Å². The van der Waals surface area contributed by atoms with Gasteiger partial charge in [0.1, 0.15) is 0 Å². The summed E-state index contributed by atoms with van der Waals surface area (Å²) in [6.45, 7) is 0. The van der Waals surface area contributed by atoms with E-state index in [1.54, 1.807) is 11.3 Å². The van der Waals surface area contributed by atoms with E-state index in [0.29, 0.717) is 17.0 Å². The molecule has 0 saturated carbocycles. The first kappa shape index (κ1) is 10.7. The average Bonchev–Trinajstić information content (AvgIpc) is 2.98. The van der Waals surface area contributed by atoms with E-state index in [0.717, 1.165) is 17.7 Å². The molecule has 0 atom stereocenters. The van der Waals surface area contributed by atoms with Gasteiger partial charge in [-0.25, -0.2) is 4.98 Å². The van der Waals surface area contributed by atoms with Crippen LogP contribution in [0.2, 0.25) is 0 Å². The molecule has 1 aliphatic rings. The highest BCUT2D eigenvalue weighted by molar-refractivity contribution is 7.15. The van der Waals surface area contributed by atoms with Gasteiger partial charge in [0.05, 0.1) is 4.88 Å². The van der Waals surface area contributed by atoms with Crippen LogP contribution in [0.15, 0.2) is 10.9 Å². The Kier molecular flexibility index (Phi) is 2.08. The van der Waals surface area contributed by atoms with E-state index < -0.39 is 0 Å². The highest BCUT2D eigenvalue weighted by atomic mass is 32.1. The molecular weight excluding hydrogens is 262 g/mol. The number of fused-ring (bicyclic) bond motifs is 2. The number of nitrogens with two attached hydrogens (primary N) is 1. The Labute approximate surface area is 111 Å². The number of hydrogen-bond donors (Lipinski definition) is 3. The van der Waals surface area contributed by atoms with Crippen molar-refractivity contribution < 1.29 is 0 Å². The van der Waals surface area contributed by atoms with E-state index in [-0.39, 0.29) is 11.5 Å². The van der Waals surface area contributed by atoms with Gasteiger partial charge in [-0.1, -0.05) is 0 Å². The van der Waals surface area contributed by atoms with Gasteiger partial charge in [-0.2, -0.15) is 4.98 Å². The van der Waals surface area contributed by atoms with Crippen LogP contribution in [-0.4, -0.2) is 19.9 Å². The fourth-order valence-electron chi connectivity index (χ4n) is 2.49. The second-order valence-corrected chi connectivity index (χ2v) is 5.78. The van der Waals surface area contributed by atoms with Gasteiger partial charge < -0.3 is 10.7 Å². The number of anilines is 1. The first-order valence-electron chi connectivity index (χ1n) is 6.08. The molecule has 0 bridgehead atoms. The minimum atomic E-state index is -0.287. The molecule has 0 spiro atoms. The second kappa shape index (κ2) is 3.67. The lowest BCUT2D eigenvalue weighted by Gasteiger charge is -1.89. The van der Waals surface area contributed by atoms with Crippen LogP contribution in [0, 0.1) is 0 Å². The summed E-state index contributed by atoms with van der Waals surface area (Å²) in [6, 6.07) is 2.16. The van der Waals surface area contributed by atoms with Crippen LogP contribution >= 0.6 is 11.3 Å². The van der Waals surface area contributed by atoms with Crippen LogP contribution in [0.3, 0.4) is 0 Å². The molecule has 4 rings (SSSR count). The zero-order valence-electron chi connectivity index (χ0n) is 9.99. The third kappa shape index (κ3) is 1.58. The molecule has 1 aliphatic carbocycles. The molecule has 3 aromatic heterocycles. The standard InChI is InChI=1S/C12H11N5OS/c13-12-16-10-8(11(18)17-12)14-9(15-10)7-4-5-2-1-3-6(5)19-7/h4H,1-3H2,(H4,13,14,15,16,17,18). The normalized spacial score (nSPS) is 14.1. The van der Waals surface area contributed by atoms with E-state index in [1.165, 1.54) is 16.9 Å². The number of rotatable bonds is 1. The molecule has 7 heteroatoms. The maximum absolute atomic E-state index is 11.7. The number of H-pyrrole nitrogens is 2. The van der Waals surface area contributed by atoms with E-state index in [1.807, 2.05) is 0 Å². The average molecular weight is 273 g/mol. The minimum Gasteiger partial charge on any atom is -0.369 e. The fraction of sp³-hybridized carbons (Fsp3) is 0.250. The van der Waals surface area contributed by atoms with Crippen LogP contribution in [0.5, 0.6) is 0 Å². The van der Waals surface area contributed by atoms with Crippen molar-refractivity contribution in [2.24, 2.45) is 0 Å². The van der Waals surface area contributed by atoms with Crippen molar-refractivity contribution in [3.05, 3.63) is 26.9 Å². The predicted octanol–water partition coefficient (Wildman–Crippen LogP) is 1.45. The summed E-state index contributed by atoms with van der Waals surface area (Å²) < 4.78 is 0. The Bertz CT molecular complexity index is 822. The molecule has 19 heavy (non-hydrogen) atoms. The lowest BCUT2D eigenvalue weighted by molar-refractivity contribution is 0.915. The highest BCUT2D eigenvalue weighted by Gasteiger charge is 2.18. The number of thiophene rings is 1. The van der Waals surface area contributed by atoms with Gasteiger partial charge in [-0.3, -0.25) is 9.78 Å². The quantitative estimate of drug-likeness (QED) is 0.624. The summed E-state index contributed by atoms with van der Waals surface area (Å²) in [4.78, 5) is 28.1. The molecule has 0 aromatic carbocycles. The lowest BCUT2D eigenvalue weighted by atomic mass is 10.2. The first-order valence-corrected chi connectivity index (χ1v) is 6.90. The molecule has 96 valence electrons. The molecule has 6 nitrogen and oxygen atoms in total. The Morgan fingerprint density at radius 2 is 2.16 bits per heavy atom. The molecule has 0 unspecified atom stereocenters. The Morgan fingerprint density at radius 1 is 1.26 bits per heavy atom. The second-order valence-electron chi connectivity index (χ2n) is 4.65. The van der Waals surface area contributed by atoms with Crippen molar-refractivity contribution in [2.45, 2.75) is 19.3 Å². The molecule has 0 saturated heterocycles. The van der Waals surface area contributed by atoms with Gasteiger partial charge in [0.25, 0.3) is 5.56 Å². The zero-order chi connectivity index (χ0) is 13.0. The molecule has 3 heterocycles. The number of nitrogens with zero attached hydrogens (tertiary/aromatic N) is 2. The molecule has 3 aromatic rings. The molecule has 0 fully saturated rings. The van der Waals surface area contributed by atoms with E-state index in [9.17, 15) is 4.79 Å². The molecule has 0 radical (unpaired) electrons. The van der Waals surface area contributed by atoms with Crippen LogP contribution in [0.25, 0.3) is 21.9 Å². The largest absolute Gasteiger partial charge is 0.369 e. The monoisotopic (exact) mass is 273 g/mol. The van der Waals surface area contributed by atoms with Gasteiger partial charge in [-0.15, -0.1) is 11.3 Å². The van der Waals surface area contributed by atoms with Crippen molar-refractivity contribution in [1.29, 1.82) is 0 Å². The van der Waals surface area contributed by atoms with E-state index >= 15 is 0 Å². The number of nitrogen functional groups attached to an aromatic ring is 1. The Balaban J connectivity index is 1.91. The van der Waals surface area contributed by atoms with Crippen molar-refractivity contribution >= 4 is 28.4 Å². The number of aromatic nitrogens is 4. The van der Waals surface area contributed by atoms with Crippen LogP contribution in [-0.2, 0) is 12.8 Å². The van der Waals surface area contributed by atoms with Gasteiger partial charge in [0.15, 0.2) is 17.0 Å². The third-order valence-corrected chi connectivity index (χ3v) is 4.60. The molecular formula is C12H11N5OS. The lowest BCUT2D eigenvalue weighted by Crippen LogP contribution is -2.10. The number of aromatic amines is 2. The topological polar surface area (TPSA) is 100 Å². The summed E-state index contributed by atoms with van der Waals surface area (Å²) in [7, 11) is 0. The third-order valence-electron chi connectivity index (χ3n) is 3.36. The van der Waals surface area contributed by atoms with Gasteiger partial charge in [0, 0.05) is 4.88 Å². The summed E-state index contributed by atoms with van der Waals surface area (Å²) in [5, 5.41) is 0. The smallest absolute Gasteiger partial charge is 0.278 e. The SMILES string of the molecule is Nc1nc2nc(-c3cc4c(s3)CCC4)[nH]c2c(=O)[nH]1. The van der Waals surface area contributed by atoms with Crippen molar-refractivity contribution in [2.75, 3.05) is 5.73 Å². The summed E-state index contributed by atoms with van der Waals surface area (Å²) >= 11 is 1.74. The van der Waals surface area contributed by atoms with Crippen LogP contribution in [0.4, 0.5) is 5.95 Å².